The highest BCUT2D eigenvalue weighted by atomic mass is 35.5. The summed E-state index contributed by atoms with van der Waals surface area (Å²) in [4.78, 5) is 0. The fourth-order valence-corrected chi connectivity index (χ4v) is 3.15. The van der Waals surface area contributed by atoms with E-state index in [4.69, 9.17) is 0 Å². The number of aryl methyl sites for hydroxylation is 2. The Morgan fingerprint density at radius 3 is 2.38 bits per heavy atom. The highest BCUT2D eigenvalue weighted by Gasteiger charge is 2.13. The molecular weight excluding hydrogens is 278 g/mol. The Morgan fingerprint density at radius 1 is 0.762 bits per heavy atom. The summed E-state index contributed by atoms with van der Waals surface area (Å²) < 4.78 is 2.24. The first kappa shape index (κ1) is 13.8. The van der Waals surface area contributed by atoms with Crippen LogP contribution < -0.4 is 16.8 Å². The van der Waals surface area contributed by atoms with Gasteiger partial charge < -0.3 is 12.4 Å². The number of fused-ring (bicyclic) bond motifs is 4. The average molecular weight is 294 g/mol. The van der Waals surface area contributed by atoms with Crippen molar-refractivity contribution in [2.45, 2.75) is 13.8 Å². The molecule has 0 atom stereocenters. The fraction of sp³-hybridized carbons (Fsp3) is 0.105. The van der Waals surface area contributed by atoms with Gasteiger partial charge in [0, 0.05) is 28.0 Å². The van der Waals surface area contributed by atoms with Crippen LogP contribution in [0.3, 0.4) is 0 Å². The van der Waals surface area contributed by atoms with E-state index in [1.807, 2.05) is 0 Å². The van der Waals surface area contributed by atoms with Crippen LogP contribution in [-0.4, -0.2) is 0 Å². The van der Waals surface area contributed by atoms with E-state index in [1.54, 1.807) is 0 Å². The van der Waals surface area contributed by atoms with E-state index in [9.17, 15) is 0 Å². The second-order valence-electron chi connectivity index (χ2n) is 5.50. The summed E-state index contributed by atoms with van der Waals surface area (Å²) in [6, 6.07) is 17.4. The standard InChI is InChI=1S/C19H16N.ClH/c1-13-7-10-18-14(2)19-16(12-20(18)11-13)9-8-15-5-3-4-6-17(15)19;/h3-12H,1-2H3;1H/q+1;/p-1. The third kappa shape index (κ3) is 2.05. The van der Waals surface area contributed by atoms with Crippen molar-refractivity contribution >= 4 is 27.1 Å². The van der Waals surface area contributed by atoms with Gasteiger partial charge in [-0.25, -0.2) is 0 Å². The van der Waals surface area contributed by atoms with Gasteiger partial charge in [-0.1, -0.05) is 30.3 Å². The molecule has 0 aliphatic carbocycles. The van der Waals surface area contributed by atoms with Gasteiger partial charge in [0.15, 0.2) is 12.4 Å². The average Bonchev–Trinajstić information content (AvgIpc) is 2.46. The summed E-state index contributed by atoms with van der Waals surface area (Å²) in [5, 5.41) is 5.31. The first-order valence-corrected chi connectivity index (χ1v) is 6.97. The summed E-state index contributed by atoms with van der Waals surface area (Å²) in [5.74, 6) is 0. The Kier molecular flexibility index (Phi) is 3.30. The molecule has 0 aliphatic heterocycles. The molecule has 0 fully saturated rings. The topological polar surface area (TPSA) is 4.10 Å². The van der Waals surface area contributed by atoms with Crippen molar-refractivity contribution in [2.24, 2.45) is 0 Å². The van der Waals surface area contributed by atoms with Gasteiger partial charge in [0.25, 0.3) is 0 Å². The summed E-state index contributed by atoms with van der Waals surface area (Å²) in [6.07, 6.45) is 4.42. The van der Waals surface area contributed by atoms with Crippen LogP contribution in [0.4, 0.5) is 0 Å². The molecule has 1 nitrogen and oxygen atoms in total. The molecule has 0 spiro atoms. The van der Waals surface area contributed by atoms with Crippen LogP contribution in [0.25, 0.3) is 27.1 Å². The summed E-state index contributed by atoms with van der Waals surface area (Å²) in [7, 11) is 0. The van der Waals surface area contributed by atoms with E-state index < -0.39 is 0 Å². The lowest BCUT2D eigenvalue weighted by Crippen LogP contribution is -3.00. The quantitative estimate of drug-likeness (QED) is 0.262. The molecular formula is C19H16ClN. The SMILES string of the molecule is Cc1ccc2c(C)c3c(ccc4ccccc43)c[n+]2c1.[Cl-]. The van der Waals surface area contributed by atoms with Gasteiger partial charge in [0.05, 0.1) is 0 Å². The lowest BCUT2D eigenvalue weighted by molar-refractivity contribution is -0.511. The molecule has 0 aliphatic rings. The molecule has 0 amide bonds. The monoisotopic (exact) mass is 293 g/mol. The Bertz CT molecular complexity index is 973. The van der Waals surface area contributed by atoms with Gasteiger partial charge >= 0.3 is 0 Å². The van der Waals surface area contributed by atoms with Crippen LogP contribution in [0.15, 0.2) is 60.9 Å². The Hall–Kier alpha value is -2.12. The maximum absolute atomic E-state index is 2.24. The minimum atomic E-state index is 0. The summed E-state index contributed by atoms with van der Waals surface area (Å²) >= 11 is 0. The molecule has 0 saturated heterocycles. The van der Waals surface area contributed by atoms with Crippen LogP contribution in [0, 0.1) is 13.8 Å². The fourth-order valence-electron chi connectivity index (χ4n) is 3.15. The molecule has 104 valence electrons. The van der Waals surface area contributed by atoms with E-state index >= 15 is 0 Å². The minimum Gasteiger partial charge on any atom is -1.00 e. The minimum absolute atomic E-state index is 0. The van der Waals surface area contributed by atoms with Crippen molar-refractivity contribution in [3.8, 4) is 0 Å². The molecule has 2 aromatic heterocycles. The van der Waals surface area contributed by atoms with Gasteiger partial charge in [-0.15, -0.1) is 0 Å². The first-order valence-electron chi connectivity index (χ1n) is 6.97. The molecule has 0 N–H and O–H groups in total. The number of benzene rings is 2. The van der Waals surface area contributed by atoms with E-state index in [-0.39, 0.29) is 12.4 Å². The first-order chi connectivity index (χ1) is 9.74. The van der Waals surface area contributed by atoms with E-state index in [2.05, 4.69) is 79.2 Å². The van der Waals surface area contributed by atoms with Crippen molar-refractivity contribution < 1.29 is 16.8 Å². The molecule has 0 bridgehead atoms. The zero-order valence-electron chi connectivity index (χ0n) is 12.1. The number of halogens is 1. The number of hydrogen-bond donors (Lipinski definition) is 0. The van der Waals surface area contributed by atoms with Crippen LogP contribution >= 0.6 is 0 Å². The highest BCUT2D eigenvalue weighted by Crippen LogP contribution is 2.28. The molecule has 0 saturated carbocycles. The van der Waals surface area contributed by atoms with Gasteiger partial charge in [0.1, 0.15) is 0 Å². The van der Waals surface area contributed by atoms with Crippen LogP contribution in [0.5, 0.6) is 0 Å². The second-order valence-corrected chi connectivity index (χ2v) is 5.50. The van der Waals surface area contributed by atoms with Crippen molar-refractivity contribution in [3.63, 3.8) is 0 Å². The van der Waals surface area contributed by atoms with Crippen molar-refractivity contribution in [3.05, 3.63) is 72.1 Å². The second kappa shape index (κ2) is 5.01. The van der Waals surface area contributed by atoms with Gasteiger partial charge in [0.2, 0.25) is 5.52 Å². The summed E-state index contributed by atoms with van der Waals surface area (Å²) in [5.41, 5.74) is 3.90. The lowest BCUT2D eigenvalue weighted by Gasteiger charge is -2.06. The van der Waals surface area contributed by atoms with Gasteiger partial charge in [-0.3, -0.25) is 0 Å². The number of aromatic nitrogens is 1. The Labute approximate surface area is 130 Å². The van der Waals surface area contributed by atoms with Crippen molar-refractivity contribution in [2.75, 3.05) is 0 Å². The highest BCUT2D eigenvalue weighted by molar-refractivity contribution is 6.09. The lowest BCUT2D eigenvalue weighted by atomic mass is 9.99. The molecule has 0 unspecified atom stereocenters. The normalized spacial score (nSPS) is 11.0. The molecule has 0 radical (unpaired) electrons. The molecule has 21 heavy (non-hydrogen) atoms. The number of pyridine rings is 2. The third-order valence-corrected chi connectivity index (χ3v) is 4.12. The van der Waals surface area contributed by atoms with E-state index in [1.165, 1.54) is 38.2 Å². The van der Waals surface area contributed by atoms with Gasteiger partial charge in [-0.2, -0.15) is 4.40 Å². The Morgan fingerprint density at radius 2 is 1.52 bits per heavy atom. The number of hydrogen-bond acceptors (Lipinski definition) is 0. The van der Waals surface area contributed by atoms with Crippen LogP contribution in [0.2, 0.25) is 0 Å². The molecule has 2 heteroatoms. The molecule has 2 aromatic carbocycles. The third-order valence-electron chi connectivity index (χ3n) is 4.12. The number of rotatable bonds is 0. The smallest absolute Gasteiger partial charge is 0.214 e. The van der Waals surface area contributed by atoms with E-state index in [0.29, 0.717) is 0 Å². The largest absolute Gasteiger partial charge is 1.00 e. The molecule has 2 heterocycles. The predicted molar refractivity (Wildman–Crippen MR) is 84.1 cm³/mol. The maximum Gasteiger partial charge on any atom is 0.214 e. The van der Waals surface area contributed by atoms with Gasteiger partial charge in [-0.05, 0) is 36.8 Å². The van der Waals surface area contributed by atoms with E-state index in [0.717, 1.165) is 0 Å². The zero-order chi connectivity index (χ0) is 13.7. The maximum atomic E-state index is 2.24. The number of nitrogens with zero attached hydrogens (tertiary/aromatic N) is 1. The summed E-state index contributed by atoms with van der Waals surface area (Å²) in [6.45, 7) is 4.35. The molecule has 4 rings (SSSR count). The Balaban J connectivity index is 0.00000132. The predicted octanol–water partition coefficient (Wildman–Crippen LogP) is 1.35. The van der Waals surface area contributed by atoms with Crippen LogP contribution in [-0.2, 0) is 0 Å². The zero-order valence-corrected chi connectivity index (χ0v) is 12.9. The molecule has 4 aromatic rings. The van der Waals surface area contributed by atoms with Crippen molar-refractivity contribution in [1.82, 2.24) is 0 Å². The van der Waals surface area contributed by atoms with Crippen LogP contribution in [0.1, 0.15) is 11.1 Å². The van der Waals surface area contributed by atoms with Crippen molar-refractivity contribution in [1.29, 1.82) is 0 Å².